The van der Waals surface area contributed by atoms with Gasteiger partial charge in [0.05, 0.1) is 16.9 Å². The second kappa shape index (κ2) is 8.66. The van der Waals surface area contributed by atoms with Crippen molar-refractivity contribution in [3.8, 4) is 28.4 Å². The van der Waals surface area contributed by atoms with Gasteiger partial charge < -0.3 is 9.47 Å². The number of rotatable bonds is 6. The van der Waals surface area contributed by atoms with E-state index in [2.05, 4.69) is 0 Å². The van der Waals surface area contributed by atoms with Crippen LogP contribution in [0.1, 0.15) is 5.56 Å². The highest BCUT2D eigenvalue weighted by Crippen LogP contribution is 2.29. The minimum atomic E-state index is -3.05. The Kier molecular flexibility index (Phi) is 5.78. The van der Waals surface area contributed by atoms with Crippen LogP contribution in [0.3, 0.4) is 0 Å². The first-order chi connectivity index (χ1) is 15.0. The van der Waals surface area contributed by atoms with Crippen LogP contribution >= 0.6 is 0 Å². The average Bonchev–Trinajstić information content (AvgIpc) is 2.80. The fourth-order valence-electron chi connectivity index (χ4n) is 3.20. The van der Waals surface area contributed by atoms with Crippen molar-refractivity contribution in [2.75, 3.05) is 7.11 Å². The van der Waals surface area contributed by atoms with Crippen molar-refractivity contribution in [1.82, 2.24) is 0 Å². The summed E-state index contributed by atoms with van der Waals surface area (Å²) in [4.78, 5) is 0.958. The minimum absolute atomic E-state index is 0.457. The monoisotopic (exact) mass is 429 g/mol. The molecule has 0 bridgehead atoms. The van der Waals surface area contributed by atoms with Crippen molar-refractivity contribution in [2.45, 2.75) is 16.7 Å². The molecule has 0 aliphatic rings. The van der Waals surface area contributed by atoms with Crippen LogP contribution in [0.2, 0.25) is 0 Å². The second-order valence-corrected chi connectivity index (χ2v) is 9.25. The molecular formula is C26H23NO3S. The van der Waals surface area contributed by atoms with Crippen molar-refractivity contribution in [3.63, 3.8) is 0 Å². The number of hydrogen-bond acceptors (Lipinski definition) is 4. The van der Waals surface area contributed by atoms with Gasteiger partial charge in [-0.1, -0.05) is 42.0 Å². The van der Waals surface area contributed by atoms with Crippen molar-refractivity contribution >= 4 is 9.73 Å². The number of benzene rings is 4. The molecule has 5 heteroatoms. The van der Waals surface area contributed by atoms with Gasteiger partial charge in [0.25, 0.3) is 0 Å². The normalized spacial score (nSPS) is 12.7. The zero-order valence-electron chi connectivity index (χ0n) is 17.4. The van der Waals surface area contributed by atoms with Crippen LogP contribution in [0, 0.1) is 11.7 Å². The first-order valence-electron chi connectivity index (χ1n) is 9.84. The maximum absolute atomic E-state index is 13.0. The summed E-state index contributed by atoms with van der Waals surface area (Å²) in [6.07, 6.45) is 0. The predicted octanol–water partition coefficient (Wildman–Crippen LogP) is 6.93. The summed E-state index contributed by atoms with van der Waals surface area (Å²) in [5.74, 6) is 2.15. The molecule has 0 saturated carbocycles. The Bertz CT molecular complexity index is 1260. The molecule has 0 saturated heterocycles. The Labute approximate surface area is 183 Å². The molecule has 156 valence electrons. The molecule has 0 radical (unpaired) electrons. The zero-order valence-corrected chi connectivity index (χ0v) is 18.2. The maximum Gasteiger partial charge on any atom is 0.127 e. The molecule has 0 aliphatic carbocycles. The van der Waals surface area contributed by atoms with E-state index >= 15 is 0 Å². The Morgan fingerprint density at radius 3 is 1.45 bits per heavy atom. The fourth-order valence-corrected chi connectivity index (χ4v) is 4.51. The SMILES string of the molecule is COc1ccc(-c2ccc(Oc3ccc(S(=N)(=O)c4ccc(C)cc4)cc3)cc2)cc1. The Morgan fingerprint density at radius 1 is 0.613 bits per heavy atom. The van der Waals surface area contributed by atoms with Gasteiger partial charge in [-0.25, -0.2) is 8.99 Å². The third kappa shape index (κ3) is 4.62. The van der Waals surface area contributed by atoms with Gasteiger partial charge in [-0.15, -0.1) is 0 Å². The number of methoxy groups -OCH3 is 1. The van der Waals surface area contributed by atoms with E-state index in [1.54, 1.807) is 43.5 Å². The molecule has 31 heavy (non-hydrogen) atoms. The molecule has 0 fully saturated rings. The third-order valence-electron chi connectivity index (χ3n) is 5.02. The summed E-state index contributed by atoms with van der Waals surface area (Å²) in [7, 11) is -1.40. The van der Waals surface area contributed by atoms with E-state index in [0.29, 0.717) is 21.3 Å². The molecule has 1 atom stereocenters. The molecule has 0 heterocycles. The topological polar surface area (TPSA) is 59.4 Å². The largest absolute Gasteiger partial charge is 0.497 e. The molecule has 4 rings (SSSR count). The summed E-state index contributed by atoms with van der Waals surface area (Å²) in [5.41, 5.74) is 3.25. The van der Waals surface area contributed by atoms with E-state index in [4.69, 9.17) is 14.3 Å². The van der Waals surface area contributed by atoms with Gasteiger partial charge in [0.15, 0.2) is 0 Å². The first kappa shape index (κ1) is 20.7. The summed E-state index contributed by atoms with van der Waals surface area (Å²) in [6, 6.07) is 29.8. The summed E-state index contributed by atoms with van der Waals surface area (Å²) < 4.78 is 32.5. The first-order valence-corrected chi connectivity index (χ1v) is 11.4. The lowest BCUT2D eigenvalue weighted by molar-refractivity contribution is 0.415. The van der Waals surface area contributed by atoms with Gasteiger partial charge in [0.1, 0.15) is 27.0 Å². The van der Waals surface area contributed by atoms with Crippen LogP contribution in [0.25, 0.3) is 11.1 Å². The number of aryl methyl sites for hydroxylation is 1. The molecule has 1 unspecified atom stereocenters. The molecule has 0 aliphatic heterocycles. The lowest BCUT2D eigenvalue weighted by Gasteiger charge is -2.11. The molecule has 0 amide bonds. The van der Waals surface area contributed by atoms with Crippen molar-refractivity contribution < 1.29 is 13.7 Å². The van der Waals surface area contributed by atoms with Gasteiger partial charge in [-0.3, -0.25) is 0 Å². The van der Waals surface area contributed by atoms with Crippen LogP contribution < -0.4 is 9.47 Å². The van der Waals surface area contributed by atoms with E-state index in [9.17, 15) is 4.21 Å². The quantitative estimate of drug-likeness (QED) is 0.362. The second-order valence-electron chi connectivity index (χ2n) is 7.20. The Morgan fingerprint density at radius 2 is 1.00 bits per heavy atom. The Balaban J connectivity index is 1.48. The molecule has 4 nitrogen and oxygen atoms in total. The molecule has 0 spiro atoms. The van der Waals surface area contributed by atoms with Crippen LogP contribution in [0.4, 0.5) is 0 Å². The predicted molar refractivity (Wildman–Crippen MR) is 124 cm³/mol. The highest BCUT2D eigenvalue weighted by atomic mass is 32.2. The number of hydrogen-bond donors (Lipinski definition) is 1. The van der Waals surface area contributed by atoms with Crippen LogP contribution in [0.5, 0.6) is 17.2 Å². The Hall–Kier alpha value is -3.57. The van der Waals surface area contributed by atoms with Gasteiger partial charge in [-0.2, -0.15) is 0 Å². The minimum Gasteiger partial charge on any atom is -0.497 e. The van der Waals surface area contributed by atoms with Crippen molar-refractivity contribution in [1.29, 1.82) is 4.78 Å². The molecule has 0 aromatic heterocycles. The molecular weight excluding hydrogens is 406 g/mol. The molecule has 1 N–H and O–H groups in total. The van der Waals surface area contributed by atoms with Crippen LogP contribution in [-0.4, -0.2) is 11.3 Å². The van der Waals surface area contributed by atoms with Crippen molar-refractivity contribution in [3.05, 3.63) is 103 Å². The third-order valence-corrected chi connectivity index (χ3v) is 6.89. The summed E-state index contributed by atoms with van der Waals surface area (Å²) in [6.45, 7) is 1.96. The molecule has 4 aromatic rings. The lowest BCUT2D eigenvalue weighted by Crippen LogP contribution is -1.99. The number of nitrogens with one attached hydrogen (secondary N) is 1. The summed E-state index contributed by atoms with van der Waals surface area (Å²) in [5, 5.41) is 0. The fraction of sp³-hybridized carbons (Fsp3) is 0.0769. The summed E-state index contributed by atoms with van der Waals surface area (Å²) >= 11 is 0. The lowest BCUT2D eigenvalue weighted by atomic mass is 10.1. The zero-order chi connectivity index (χ0) is 21.8. The smallest absolute Gasteiger partial charge is 0.127 e. The van der Waals surface area contributed by atoms with Gasteiger partial charge in [-0.05, 0) is 78.7 Å². The van der Waals surface area contributed by atoms with E-state index in [1.807, 2.05) is 67.6 Å². The van der Waals surface area contributed by atoms with Crippen LogP contribution in [-0.2, 0) is 9.73 Å². The van der Waals surface area contributed by atoms with Crippen LogP contribution in [0.15, 0.2) is 107 Å². The van der Waals surface area contributed by atoms with E-state index < -0.39 is 9.73 Å². The van der Waals surface area contributed by atoms with Gasteiger partial charge in [0.2, 0.25) is 0 Å². The number of ether oxygens (including phenoxy) is 2. The van der Waals surface area contributed by atoms with E-state index in [0.717, 1.165) is 22.4 Å². The highest BCUT2D eigenvalue weighted by Gasteiger charge is 2.13. The van der Waals surface area contributed by atoms with E-state index in [1.165, 1.54) is 0 Å². The van der Waals surface area contributed by atoms with Gasteiger partial charge in [0, 0.05) is 0 Å². The maximum atomic E-state index is 13.0. The average molecular weight is 430 g/mol. The van der Waals surface area contributed by atoms with Crippen molar-refractivity contribution in [2.24, 2.45) is 0 Å². The standard InChI is InChI=1S/C26H23NO3S/c1-19-3-15-25(16-4-19)31(27,28)26-17-13-24(14-18-26)30-23-11-7-21(8-12-23)20-5-9-22(29-2)10-6-20/h3-18,27H,1-2H3. The van der Waals surface area contributed by atoms with E-state index in [-0.39, 0.29) is 0 Å². The highest BCUT2D eigenvalue weighted by molar-refractivity contribution is 7.92. The van der Waals surface area contributed by atoms with Gasteiger partial charge >= 0.3 is 0 Å². The molecule has 4 aromatic carbocycles.